The second kappa shape index (κ2) is 7.24. The molecule has 2 aliphatic carbocycles. The van der Waals surface area contributed by atoms with Gasteiger partial charge in [-0.2, -0.15) is 5.10 Å². The van der Waals surface area contributed by atoms with Crippen LogP contribution in [-0.4, -0.2) is 38.8 Å². The number of hydrazone groups is 1. The summed E-state index contributed by atoms with van der Waals surface area (Å²) in [5.41, 5.74) is 4.78. The molecule has 0 saturated heterocycles. The van der Waals surface area contributed by atoms with Gasteiger partial charge >= 0.3 is 0 Å². The van der Waals surface area contributed by atoms with Gasteiger partial charge in [0, 0.05) is 41.8 Å². The van der Waals surface area contributed by atoms with Crippen LogP contribution in [0.1, 0.15) is 55.8 Å². The van der Waals surface area contributed by atoms with Gasteiger partial charge in [-0.3, -0.25) is 9.97 Å². The second-order valence-corrected chi connectivity index (χ2v) is 8.48. The third-order valence-electron chi connectivity index (χ3n) is 6.26. The lowest BCUT2D eigenvalue weighted by Gasteiger charge is -2.34. The normalized spacial score (nSPS) is 26.9. The standard InChI is InChI=1S/C21H25ClN6/c1-14-21(24-9-8-23-14)15-3-6-18(7-4-15)28-20-11-25-19-10-17(22)5-2-16(19)12-27(20)13-26-28/h8-11,13,15,18,25H,2-7,12H2,1H3/t15-,18-. The molecule has 0 spiro atoms. The lowest BCUT2D eigenvalue weighted by molar-refractivity contribution is 0.182. The highest BCUT2D eigenvalue weighted by atomic mass is 35.5. The number of halogens is 1. The highest BCUT2D eigenvalue weighted by Gasteiger charge is 2.34. The molecule has 0 bridgehead atoms. The largest absolute Gasteiger partial charge is 0.358 e. The Hall–Kier alpha value is -2.34. The molecule has 0 amide bonds. The van der Waals surface area contributed by atoms with Crippen LogP contribution in [0, 0.1) is 6.92 Å². The molecule has 0 unspecified atom stereocenters. The fourth-order valence-corrected chi connectivity index (χ4v) is 4.93. The first-order chi connectivity index (χ1) is 13.7. The number of hydrogen-bond donors (Lipinski definition) is 1. The predicted octanol–water partition coefficient (Wildman–Crippen LogP) is 3.94. The Kier molecular flexibility index (Phi) is 4.59. The van der Waals surface area contributed by atoms with Crippen LogP contribution in [-0.2, 0) is 0 Å². The molecule has 1 fully saturated rings. The van der Waals surface area contributed by atoms with E-state index in [1.807, 2.05) is 12.5 Å². The van der Waals surface area contributed by atoms with E-state index in [0.29, 0.717) is 12.0 Å². The van der Waals surface area contributed by atoms with E-state index in [1.165, 1.54) is 11.3 Å². The van der Waals surface area contributed by atoms with Gasteiger partial charge in [0.1, 0.15) is 12.2 Å². The molecule has 6 nitrogen and oxygen atoms in total. The minimum Gasteiger partial charge on any atom is -0.358 e. The highest BCUT2D eigenvalue weighted by molar-refractivity contribution is 6.29. The summed E-state index contributed by atoms with van der Waals surface area (Å²) in [6.07, 6.45) is 16.1. The Morgan fingerprint density at radius 1 is 1.11 bits per heavy atom. The zero-order valence-electron chi connectivity index (χ0n) is 16.1. The summed E-state index contributed by atoms with van der Waals surface area (Å²) >= 11 is 6.24. The van der Waals surface area contributed by atoms with E-state index in [9.17, 15) is 0 Å². The molecule has 0 atom stereocenters. The molecule has 0 radical (unpaired) electrons. The third kappa shape index (κ3) is 3.20. The van der Waals surface area contributed by atoms with Crippen molar-refractivity contribution in [2.24, 2.45) is 5.10 Å². The van der Waals surface area contributed by atoms with Gasteiger partial charge in [-0.1, -0.05) is 11.6 Å². The lowest BCUT2D eigenvalue weighted by Crippen LogP contribution is -2.35. The zero-order valence-corrected chi connectivity index (χ0v) is 16.9. The van der Waals surface area contributed by atoms with Gasteiger partial charge in [0.25, 0.3) is 0 Å². The molecule has 146 valence electrons. The van der Waals surface area contributed by atoms with E-state index >= 15 is 0 Å². The molecule has 1 aromatic rings. The minimum absolute atomic E-state index is 0.428. The number of allylic oxidation sites excluding steroid dienone is 2. The van der Waals surface area contributed by atoms with Crippen LogP contribution >= 0.6 is 11.6 Å². The Bertz CT molecular complexity index is 894. The van der Waals surface area contributed by atoms with Crippen LogP contribution in [0.15, 0.2) is 51.9 Å². The van der Waals surface area contributed by atoms with Crippen molar-refractivity contribution in [3.8, 4) is 0 Å². The SMILES string of the molecule is Cc1nccnc1[C@H]1CC[C@H](N2N=CN3CC4=C(C=C(Cl)CC4)NC=C32)CC1. The van der Waals surface area contributed by atoms with E-state index in [2.05, 4.69) is 44.4 Å². The maximum atomic E-state index is 6.24. The van der Waals surface area contributed by atoms with Crippen LogP contribution < -0.4 is 5.32 Å². The van der Waals surface area contributed by atoms with Gasteiger partial charge in [0.15, 0.2) is 0 Å². The third-order valence-corrected chi connectivity index (χ3v) is 6.56. The molecule has 1 aromatic heterocycles. The number of hydrogen-bond acceptors (Lipinski definition) is 6. The van der Waals surface area contributed by atoms with Crippen molar-refractivity contribution < 1.29 is 0 Å². The van der Waals surface area contributed by atoms with Gasteiger partial charge in [0.05, 0.1) is 17.4 Å². The Morgan fingerprint density at radius 3 is 2.75 bits per heavy atom. The van der Waals surface area contributed by atoms with Gasteiger partial charge in [-0.05, 0) is 57.1 Å². The summed E-state index contributed by atoms with van der Waals surface area (Å²) in [6.45, 7) is 2.94. The van der Waals surface area contributed by atoms with Crippen molar-refractivity contribution in [3.63, 3.8) is 0 Å². The summed E-state index contributed by atoms with van der Waals surface area (Å²) in [7, 11) is 0. The van der Waals surface area contributed by atoms with E-state index in [4.69, 9.17) is 16.7 Å². The van der Waals surface area contributed by atoms with Crippen molar-refractivity contribution in [3.05, 3.63) is 58.2 Å². The molecule has 1 saturated carbocycles. The topological polar surface area (TPSA) is 56.7 Å². The number of nitrogens with zero attached hydrogens (tertiary/aromatic N) is 5. The van der Waals surface area contributed by atoms with E-state index in [-0.39, 0.29) is 0 Å². The quantitative estimate of drug-likeness (QED) is 0.820. The van der Waals surface area contributed by atoms with Crippen LogP contribution in [0.4, 0.5) is 0 Å². The van der Waals surface area contributed by atoms with Crippen molar-refractivity contribution in [2.75, 3.05) is 6.54 Å². The van der Waals surface area contributed by atoms with Crippen molar-refractivity contribution >= 4 is 17.9 Å². The number of nitrogens with one attached hydrogen (secondary N) is 1. The molecule has 7 heteroatoms. The Labute approximate surface area is 170 Å². The van der Waals surface area contributed by atoms with Crippen LogP contribution in [0.5, 0.6) is 0 Å². The monoisotopic (exact) mass is 396 g/mol. The van der Waals surface area contributed by atoms with Gasteiger partial charge in [0.2, 0.25) is 0 Å². The summed E-state index contributed by atoms with van der Waals surface area (Å²) in [5, 5.41) is 11.3. The summed E-state index contributed by atoms with van der Waals surface area (Å²) in [4.78, 5) is 11.3. The fourth-order valence-electron chi connectivity index (χ4n) is 4.72. The predicted molar refractivity (Wildman–Crippen MR) is 110 cm³/mol. The molecule has 3 heterocycles. The Morgan fingerprint density at radius 2 is 1.93 bits per heavy atom. The smallest absolute Gasteiger partial charge is 0.147 e. The number of fused-ring (bicyclic) bond motifs is 1. The van der Waals surface area contributed by atoms with Crippen LogP contribution in [0.2, 0.25) is 0 Å². The summed E-state index contributed by atoms with van der Waals surface area (Å²) in [6, 6.07) is 0.428. The minimum atomic E-state index is 0.428. The molecule has 28 heavy (non-hydrogen) atoms. The molecule has 4 aliphatic rings. The van der Waals surface area contributed by atoms with Crippen molar-refractivity contribution in [1.29, 1.82) is 0 Å². The number of rotatable bonds is 2. The van der Waals surface area contributed by atoms with E-state index < -0.39 is 0 Å². The average molecular weight is 397 g/mol. The van der Waals surface area contributed by atoms with Crippen molar-refractivity contribution in [1.82, 2.24) is 25.2 Å². The molecule has 2 aliphatic heterocycles. The van der Waals surface area contributed by atoms with E-state index in [1.54, 1.807) is 6.20 Å². The van der Waals surface area contributed by atoms with E-state index in [0.717, 1.165) is 67.3 Å². The molecule has 0 aromatic carbocycles. The molecular formula is C21H25ClN6. The average Bonchev–Trinajstić information content (AvgIpc) is 3.02. The maximum Gasteiger partial charge on any atom is 0.147 e. The second-order valence-electron chi connectivity index (χ2n) is 7.99. The van der Waals surface area contributed by atoms with Crippen molar-refractivity contribution in [2.45, 2.75) is 57.4 Å². The first-order valence-corrected chi connectivity index (χ1v) is 10.5. The fraction of sp³-hybridized carbons (Fsp3) is 0.476. The first-order valence-electron chi connectivity index (χ1n) is 10.1. The molecular weight excluding hydrogens is 372 g/mol. The van der Waals surface area contributed by atoms with Gasteiger partial charge in [-0.15, -0.1) is 0 Å². The van der Waals surface area contributed by atoms with Crippen LogP contribution in [0.3, 0.4) is 0 Å². The Balaban J connectivity index is 1.28. The lowest BCUT2D eigenvalue weighted by atomic mass is 9.83. The maximum absolute atomic E-state index is 6.24. The zero-order chi connectivity index (χ0) is 19.1. The molecule has 1 N–H and O–H groups in total. The molecule has 5 rings (SSSR count). The first kappa shape index (κ1) is 17.7. The summed E-state index contributed by atoms with van der Waals surface area (Å²) < 4.78 is 0. The number of aryl methyl sites for hydroxylation is 1. The van der Waals surface area contributed by atoms with Gasteiger partial charge in [-0.25, -0.2) is 5.01 Å². The number of aromatic nitrogens is 2. The summed E-state index contributed by atoms with van der Waals surface area (Å²) in [5.74, 6) is 1.65. The van der Waals surface area contributed by atoms with Crippen LogP contribution in [0.25, 0.3) is 0 Å². The highest BCUT2D eigenvalue weighted by Crippen LogP contribution is 2.38. The van der Waals surface area contributed by atoms with Gasteiger partial charge < -0.3 is 10.2 Å².